The molecule has 2 aromatic rings. The average molecular weight is 425 g/mol. The van der Waals surface area contributed by atoms with Crippen LogP contribution in [0.2, 0.25) is 0 Å². The smallest absolute Gasteiger partial charge is 0.338 e. The van der Waals surface area contributed by atoms with Crippen molar-refractivity contribution in [3.05, 3.63) is 57.4 Å². The average Bonchev–Trinajstić information content (AvgIpc) is 3.09. The lowest BCUT2D eigenvalue weighted by atomic mass is 10.1. The van der Waals surface area contributed by atoms with Gasteiger partial charge in [0.2, 0.25) is 5.91 Å². The second-order valence-electron chi connectivity index (χ2n) is 7.31. The van der Waals surface area contributed by atoms with Crippen molar-refractivity contribution < 1.29 is 22.9 Å². The van der Waals surface area contributed by atoms with Gasteiger partial charge in [-0.2, -0.15) is 18.3 Å². The van der Waals surface area contributed by atoms with E-state index < -0.39 is 22.7 Å². The van der Waals surface area contributed by atoms with Crippen LogP contribution in [0.4, 0.5) is 18.9 Å². The second kappa shape index (κ2) is 8.42. The van der Waals surface area contributed by atoms with E-state index in [1.807, 2.05) is 4.90 Å². The zero-order chi connectivity index (χ0) is 22.1. The third-order valence-corrected chi connectivity index (χ3v) is 5.19. The van der Waals surface area contributed by atoms with Gasteiger partial charge in [-0.1, -0.05) is 18.2 Å². The standard InChI is InChI=1S/C19H22F3N5O3/c1-13-17(27(29)30)12-26(23-13)14(2)18(28)25-8-6-24(7-9-25)11-15-4-3-5-16(10-15)19(20,21)22/h3-5,10,12,14H,6-9,11H2,1-2H3. The number of amides is 1. The highest BCUT2D eigenvalue weighted by Crippen LogP contribution is 2.30. The van der Waals surface area contributed by atoms with Gasteiger partial charge in [-0.15, -0.1) is 0 Å². The Hall–Kier alpha value is -2.95. The summed E-state index contributed by atoms with van der Waals surface area (Å²) in [7, 11) is 0. The highest BCUT2D eigenvalue weighted by Gasteiger charge is 2.31. The molecule has 1 aliphatic heterocycles. The van der Waals surface area contributed by atoms with Crippen LogP contribution in [0, 0.1) is 17.0 Å². The molecule has 30 heavy (non-hydrogen) atoms. The second-order valence-corrected chi connectivity index (χ2v) is 7.31. The fourth-order valence-electron chi connectivity index (χ4n) is 3.46. The van der Waals surface area contributed by atoms with E-state index in [-0.39, 0.29) is 17.3 Å². The van der Waals surface area contributed by atoms with Gasteiger partial charge in [-0.05, 0) is 25.5 Å². The summed E-state index contributed by atoms with van der Waals surface area (Å²) >= 11 is 0. The number of hydrogen-bond donors (Lipinski definition) is 0. The van der Waals surface area contributed by atoms with Crippen molar-refractivity contribution in [1.29, 1.82) is 0 Å². The molecule has 0 radical (unpaired) electrons. The molecule has 0 saturated carbocycles. The van der Waals surface area contributed by atoms with Gasteiger partial charge in [0.15, 0.2) is 0 Å². The molecule has 162 valence electrons. The number of carbonyl (C=O) groups excluding carboxylic acids is 1. The Morgan fingerprint density at radius 3 is 2.50 bits per heavy atom. The number of aromatic nitrogens is 2. The number of hydrogen-bond acceptors (Lipinski definition) is 5. The molecule has 2 heterocycles. The molecule has 1 saturated heterocycles. The molecule has 0 N–H and O–H groups in total. The minimum Gasteiger partial charge on any atom is -0.338 e. The number of rotatable bonds is 5. The van der Waals surface area contributed by atoms with Crippen LogP contribution in [0.25, 0.3) is 0 Å². The maximum absolute atomic E-state index is 12.9. The summed E-state index contributed by atoms with van der Waals surface area (Å²) in [6.07, 6.45) is -3.13. The van der Waals surface area contributed by atoms with E-state index >= 15 is 0 Å². The van der Waals surface area contributed by atoms with E-state index in [0.29, 0.717) is 38.3 Å². The number of aryl methyl sites for hydroxylation is 1. The number of piperazine rings is 1. The molecule has 1 aromatic heterocycles. The highest BCUT2D eigenvalue weighted by molar-refractivity contribution is 5.80. The minimum absolute atomic E-state index is 0.138. The zero-order valence-electron chi connectivity index (χ0n) is 16.6. The Morgan fingerprint density at radius 1 is 1.27 bits per heavy atom. The number of alkyl halides is 3. The lowest BCUT2D eigenvalue weighted by molar-refractivity contribution is -0.385. The van der Waals surface area contributed by atoms with E-state index in [9.17, 15) is 28.1 Å². The first kappa shape index (κ1) is 21.8. The summed E-state index contributed by atoms with van der Waals surface area (Å²) in [5.74, 6) is -0.203. The molecule has 1 unspecified atom stereocenters. The highest BCUT2D eigenvalue weighted by atomic mass is 19.4. The number of benzene rings is 1. The predicted molar refractivity (Wildman–Crippen MR) is 102 cm³/mol. The van der Waals surface area contributed by atoms with Crippen LogP contribution in [-0.4, -0.2) is 56.6 Å². The first-order valence-electron chi connectivity index (χ1n) is 9.43. The molecule has 0 bridgehead atoms. The Labute approximate surface area is 171 Å². The molecular formula is C19H22F3N5O3. The first-order valence-corrected chi connectivity index (χ1v) is 9.43. The van der Waals surface area contributed by atoms with Gasteiger partial charge >= 0.3 is 11.9 Å². The largest absolute Gasteiger partial charge is 0.416 e. The van der Waals surface area contributed by atoms with E-state index in [4.69, 9.17) is 0 Å². The Kier molecular flexibility index (Phi) is 6.11. The molecule has 1 fully saturated rings. The lowest BCUT2D eigenvalue weighted by Gasteiger charge is -2.36. The predicted octanol–water partition coefficient (Wildman–Crippen LogP) is 3.02. The van der Waals surface area contributed by atoms with Crippen LogP contribution in [0.3, 0.4) is 0 Å². The summed E-state index contributed by atoms with van der Waals surface area (Å²) in [4.78, 5) is 26.8. The molecule has 1 amide bonds. The Bertz CT molecular complexity index is 936. The SMILES string of the molecule is Cc1nn(C(C)C(=O)N2CCN(Cc3cccc(C(F)(F)F)c3)CC2)cc1[N+](=O)[O-]. The minimum atomic E-state index is -4.38. The van der Waals surface area contributed by atoms with Gasteiger partial charge < -0.3 is 4.90 Å². The van der Waals surface area contributed by atoms with E-state index in [1.165, 1.54) is 23.9 Å². The Morgan fingerprint density at radius 2 is 1.93 bits per heavy atom. The van der Waals surface area contributed by atoms with Crippen molar-refractivity contribution in [2.24, 2.45) is 0 Å². The number of nitrogens with zero attached hydrogens (tertiary/aromatic N) is 5. The molecule has 1 aliphatic rings. The van der Waals surface area contributed by atoms with Crippen molar-refractivity contribution in [2.45, 2.75) is 32.6 Å². The number of carbonyl (C=O) groups is 1. The molecule has 1 aromatic carbocycles. The van der Waals surface area contributed by atoms with Crippen LogP contribution in [0.5, 0.6) is 0 Å². The van der Waals surface area contributed by atoms with Crippen molar-refractivity contribution in [1.82, 2.24) is 19.6 Å². The molecule has 0 aliphatic carbocycles. The summed E-state index contributed by atoms with van der Waals surface area (Å²) in [6, 6.07) is 4.55. The van der Waals surface area contributed by atoms with Crippen molar-refractivity contribution in [3.63, 3.8) is 0 Å². The van der Waals surface area contributed by atoms with Crippen LogP contribution < -0.4 is 0 Å². The maximum Gasteiger partial charge on any atom is 0.416 e. The third kappa shape index (κ3) is 4.78. The lowest BCUT2D eigenvalue weighted by Crippen LogP contribution is -2.50. The van der Waals surface area contributed by atoms with E-state index in [2.05, 4.69) is 5.10 Å². The van der Waals surface area contributed by atoms with E-state index in [0.717, 1.165) is 12.1 Å². The molecule has 11 heteroatoms. The fourth-order valence-corrected chi connectivity index (χ4v) is 3.46. The van der Waals surface area contributed by atoms with Crippen LogP contribution in [0.15, 0.2) is 30.5 Å². The molecular weight excluding hydrogens is 403 g/mol. The fraction of sp³-hybridized carbons (Fsp3) is 0.474. The van der Waals surface area contributed by atoms with Crippen LogP contribution in [-0.2, 0) is 17.5 Å². The van der Waals surface area contributed by atoms with Gasteiger partial charge in [-0.25, -0.2) is 0 Å². The van der Waals surface area contributed by atoms with Crippen molar-refractivity contribution in [2.75, 3.05) is 26.2 Å². The van der Waals surface area contributed by atoms with Crippen molar-refractivity contribution >= 4 is 11.6 Å². The molecule has 3 rings (SSSR count). The molecule has 8 nitrogen and oxygen atoms in total. The van der Waals surface area contributed by atoms with Crippen LogP contribution >= 0.6 is 0 Å². The van der Waals surface area contributed by atoms with E-state index in [1.54, 1.807) is 17.9 Å². The first-order chi connectivity index (χ1) is 14.1. The monoisotopic (exact) mass is 425 g/mol. The number of halogens is 3. The quantitative estimate of drug-likeness (QED) is 0.543. The summed E-state index contributed by atoms with van der Waals surface area (Å²) in [6.45, 7) is 5.40. The van der Waals surface area contributed by atoms with Crippen LogP contribution in [0.1, 0.15) is 29.8 Å². The normalized spacial score (nSPS) is 16.5. The summed E-state index contributed by atoms with van der Waals surface area (Å²) < 4.78 is 39.9. The van der Waals surface area contributed by atoms with Gasteiger partial charge in [0.25, 0.3) is 0 Å². The Balaban J connectivity index is 1.58. The summed E-state index contributed by atoms with van der Waals surface area (Å²) in [5.41, 5.74) is -0.00495. The number of nitro groups is 1. The molecule has 0 spiro atoms. The van der Waals surface area contributed by atoms with Gasteiger partial charge in [-0.3, -0.25) is 24.5 Å². The summed E-state index contributed by atoms with van der Waals surface area (Å²) in [5, 5.41) is 15.1. The van der Waals surface area contributed by atoms with Gasteiger partial charge in [0.05, 0.1) is 10.5 Å². The maximum atomic E-state index is 12.9. The molecule has 1 atom stereocenters. The van der Waals surface area contributed by atoms with Gasteiger partial charge in [0, 0.05) is 32.7 Å². The third-order valence-electron chi connectivity index (χ3n) is 5.19. The topological polar surface area (TPSA) is 84.5 Å². The van der Waals surface area contributed by atoms with Gasteiger partial charge in [0.1, 0.15) is 17.9 Å². The van der Waals surface area contributed by atoms with Crippen molar-refractivity contribution in [3.8, 4) is 0 Å². The zero-order valence-corrected chi connectivity index (χ0v) is 16.6.